The SMILES string of the molecule is C=CCn1c(SCc2ccc(C(=O)OC)cc2)nc2ccccc2c1=O.CCOC(=O)c1ccc(NC(=O)Cn2ncc3c4ccccc4n(Cc4ccccc4)c3c2=O)cc1.COc1ccc(Cc2c(O)nc(SC)n(-c3ccccc3)c2=O)cc1.O=C(CC1Sc2ncnn2C1=O)Nc1ccc(Br)cc1.O=C(Nc1ccc(F)cc1F)c1ccc2c(c1)C(=O)N(Cc1ccco1)C2=O.O=C1NC(=O)C(I)C(NCCO)N1. The zero-order valence-corrected chi connectivity index (χ0v) is 85.3. The van der Waals surface area contributed by atoms with Crippen molar-refractivity contribution in [1.29, 1.82) is 0 Å². The number of carbonyl (C=O) groups is 10. The van der Waals surface area contributed by atoms with Gasteiger partial charge in [-0.1, -0.05) is 183 Å². The van der Waals surface area contributed by atoms with Crippen LogP contribution in [0.2, 0.25) is 0 Å². The first-order valence-corrected chi connectivity index (χ1v) is 50.3. The van der Waals surface area contributed by atoms with Gasteiger partial charge in [-0.05, 0) is 175 Å². The number of nitrogens with one attached hydrogen (secondary N) is 6. The number of allylic oxidation sites excluding steroid dienone is 1. The van der Waals surface area contributed by atoms with Crippen LogP contribution in [-0.4, -0.2) is 178 Å². The summed E-state index contributed by atoms with van der Waals surface area (Å²) in [4.78, 5) is 172. The average molecular weight is 2240 g/mol. The molecule has 0 saturated carbocycles. The molecule has 0 radical (unpaired) electrons. The number of urea groups is 1. The number of benzene rings is 10. The summed E-state index contributed by atoms with van der Waals surface area (Å²) in [6.07, 6.45) is 7.91. The van der Waals surface area contributed by atoms with E-state index in [1.54, 1.807) is 97.6 Å². The second-order valence-electron chi connectivity index (χ2n) is 32.1. The van der Waals surface area contributed by atoms with Gasteiger partial charge in [-0.3, -0.25) is 72.6 Å². The van der Waals surface area contributed by atoms with Gasteiger partial charge in [-0.25, -0.2) is 37.8 Å². The monoisotopic (exact) mass is 2230 g/mol. The fourth-order valence-electron chi connectivity index (χ4n) is 15.1. The number of anilines is 3. The highest BCUT2D eigenvalue weighted by molar-refractivity contribution is 14.1. The lowest BCUT2D eigenvalue weighted by Gasteiger charge is -2.28. The molecule has 148 heavy (non-hydrogen) atoms. The molecule has 1 saturated heterocycles. The van der Waals surface area contributed by atoms with Crippen molar-refractivity contribution in [2.75, 3.05) is 56.2 Å². The molecule has 9 heterocycles. The van der Waals surface area contributed by atoms with Crippen LogP contribution in [0.15, 0.2) is 325 Å². The number of aliphatic hydroxyl groups excluding tert-OH is 1. The number of amides is 8. The van der Waals surface area contributed by atoms with Gasteiger partial charge in [0, 0.05) is 82.0 Å². The maximum atomic E-state index is 13.7. The molecule has 3 unspecified atom stereocenters. The number of aromatic nitrogens is 10. The van der Waals surface area contributed by atoms with Crippen LogP contribution < -0.4 is 53.3 Å². The average Bonchev–Trinajstić information content (AvgIpc) is 1.59. The Hall–Kier alpha value is -16.2. The van der Waals surface area contributed by atoms with Gasteiger partial charge in [0.25, 0.3) is 40.3 Å². The molecule has 0 aliphatic carbocycles. The largest absolute Gasteiger partial charge is 0.497 e. The summed E-state index contributed by atoms with van der Waals surface area (Å²) in [7, 11) is 2.96. The number of hydrogen-bond acceptors (Lipinski definition) is 28. The Bertz CT molecular complexity index is 7810. The van der Waals surface area contributed by atoms with E-state index < -0.39 is 58.7 Å². The summed E-state index contributed by atoms with van der Waals surface area (Å²) in [5.74, 6) is -3.77. The number of para-hydroxylation sites is 3. The van der Waals surface area contributed by atoms with Gasteiger partial charge in [0.1, 0.15) is 56.9 Å². The third-order valence-electron chi connectivity index (χ3n) is 22.3. The number of halogens is 4. The van der Waals surface area contributed by atoms with Crippen molar-refractivity contribution < 1.29 is 85.6 Å². The number of hydrogen-bond donors (Lipinski definition) is 8. The Balaban J connectivity index is 0.000000143. The Morgan fingerprint density at radius 3 is 1.98 bits per heavy atom. The molecule has 0 bridgehead atoms. The van der Waals surface area contributed by atoms with Crippen LogP contribution in [0.1, 0.15) is 97.9 Å². The number of furan rings is 1. The lowest BCUT2D eigenvalue weighted by Crippen LogP contribution is -2.64. The molecule has 3 aliphatic rings. The minimum atomic E-state index is -0.926. The number of imide groups is 2. The van der Waals surface area contributed by atoms with Crippen molar-refractivity contribution in [3.05, 3.63) is 389 Å². The number of aliphatic hydroxyl groups is 1. The number of aromatic hydroxyl groups is 1. The molecular formula is C105H91BrF2IN17O19S3. The molecule has 756 valence electrons. The Morgan fingerprint density at radius 1 is 0.655 bits per heavy atom. The minimum absolute atomic E-state index is 0.0261. The first kappa shape index (κ1) is 108. The number of thioether (sulfide) groups is 3. The molecule has 10 aromatic carbocycles. The van der Waals surface area contributed by atoms with E-state index in [-0.39, 0.29) is 111 Å². The van der Waals surface area contributed by atoms with Gasteiger partial charge >= 0.3 is 18.0 Å². The third kappa shape index (κ3) is 26.9. The maximum Gasteiger partial charge on any atom is 0.338 e. The number of rotatable bonds is 28. The molecule has 8 amide bonds. The number of alkyl halides is 1. The number of fused-ring (bicyclic) bond motifs is 6. The van der Waals surface area contributed by atoms with Crippen LogP contribution in [0.25, 0.3) is 38.4 Å². The van der Waals surface area contributed by atoms with Gasteiger partial charge < -0.3 is 54.7 Å². The van der Waals surface area contributed by atoms with E-state index in [1.807, 2.05) is 185 Å². The van der Waals surface area contributed by atoms with Crippen molar-refractivity contribution in [3.8, 4) is 17.3 Å². The topological polar surface area (TPSA) is 468 Å². The zero-order valence-electron chi connectivity index (χ0n) is 79.1. The van der Waals surface area contributed by atoms with E-state index in [0.717, 1.165) is 65.9 Å². The molecule has 3 atom stereocenters. The summed E-state index contributed by atoms with van der Waals surface area (Å²) in [5, 5.41) is 45.7. The van der Waals surface area contributed by atoms with E-state index in [1.165, 1.54) is 87.1 Å². The van der Waals surface area contributed by atoms with Crippen LogP contribution >= 0.6 is 73.8 Å². The third-order valence-corrected chi connectivity index (χ3v) is 26.9. The van der Waals surface area contributed by atoms with Crippen LogP contribution in [0.5, 0.6) is 11.6 Å². The predicted octanol–water partition coefficient (Wildman–Crippen LogP) is 15.5. The van der Waals surface area contributed by atoms with Crippen molar-refractivity contribution in [3.63, 3.8) is 0 Å². The normalized spacial score (nSPS) is 13.6. The maximum absolute atomic E-state index is 13.7. The first-order chi connectivity index (χ1) is 71.5. The van der Waals surface area contributed by atoms with E-state index in [9.17, 15) is 76.2 Å². The standard InChI is InChI=1S/C28H24N4O4.C20H12F2N2O4.C20H18N2O3S.C19H18N2O3S.C12H9BrN4O2S.C6H10IN3O3/c1-2-36-28(35)20-12-14-21(15-13-20)30-25(33)18-32-27(34)26-23(16-29-32)22-10-6-7-11-24(22)31(26)17-19-8-4-3-5-9-19;21-12-4-6-17(16(22)9-12)23-18(25)11-3-5-14-15(8-11)20(27)24(19(14)26)10-13-2-1-7-28-13;1-3-12-22-18(23)16-6-4-5-7-17(16)21-20(22)26-13-14-8-10-15(11-9-14)19(24)25-2;1-24-15-10-8-13(9-11-15)12-16-17(22)20-19(25-2)21(18(16)23)14-6-4-3-5-7-14;13-7-1-3-8(4-2-7)16-10(18)5-9-11(19)17-12(20-9)14-6-15-17;7-3-4(8-1-2-11)9-6(13)10-5(3)12/h3-16H,2,17-18H2,1H3,(H,30,33);1-9H,10H2,(H,23,25);3-11H,1,12-13H2,2H3;3-11,22H,12H2,1-2H3;1-4,6,9H,5H2,(H,16,18);3-4,8,11H,1-2H2,(H2,9,10,12,13). The number of nitrogens with zero attached hydrogens (tertiary/aromatic N) is 11. The Kier molecular flexibility index (Phi) is 37.1. The predicted molar refractivity (Wildman–Crippen MR) is 565 cm³/mol. The van der Waals surface area contributed by atoms with Crippen LogP contribution in [0.3, 0.4) is 0 Å². The van der Waals surface area contributed by atoms with Gasteiger partial charge in [0.2, 0.25) is 23.6 Å². The second kappa shape index (κ2) is 51.0. The molecule has 19 rings (SSSR count). The van der Waals surface area contributed by atoms with Gasteiger partial charge in [0.15, 0.2) is 15.5 Å². The minimum Gasteiger partial charge on any atom is -0.497 e. The molecular weight excluding hydrogens is 2140 g/mol. The fourth-order valence-corrected chi connectivity index (χ4v) is 18.5. The van der Waals surface area contributed by atoms with Crippen LogP contribution in [0.4, 0.5) is 30.6 Å². The van der Waals surface area contributed by atoms with E-state index in [0.29, 0.717) is 98.0 Å². The van der Waals surface area contributed by atoms with Gasteiger partial charge in [-0.2, -0.15) is 19.9 Å². The molecule has 6 aromatic heterocycles. The van der Waals surface area contributed by atoms with E-state index in [4.69, 9.17) is 23.7 Å². The lowest BCUT2D eigenvalue weighted by molar-refractivity contribution is -0.120. The molecule has 0 spiro atoms. The summed E-state index contributed by atoms with van der Waals surface area (Å²) in [6, 6.07) is 72.1. The van der Waals surface area contributed by atoms with E-state index >= 15 is 0 Å². The Morgan fingerprint density at radius 2 is 1.31 bits per heavy atom. The smallest absolute Gasteiger partial charge is 0.338 e. The van der Waals surface area contributed by atoms with Crippen LogP contribution in [0, 0.1) is 11.6 Å². The molecule has 43 heteroatoms. The number of carbonyl (C=O) groups excluding carboxylic acids is 10. The van der Waals surface area contributed by atoms with E-state index in [2.05, 4.69) is 79.6 Å². The highest BCUT2D eigenvalue weighted by Crippen LogP contribution is 2.35. The molecule has 16 aromatic rings. The number of ether oxygens (including phenoxy) is 3. The van der Waals surface area contributed by atoms with Gasteiger partial charge in [-0.15, -0.1) is 6.58 Å². The van der Waals surface area contributed by atoms with Crippen molar-refractivity contribution in [2.45, 2.75) is 82.5 Å². The van der Waals surface area contributed by atoms with Crippen molar-refractivity contribution in [2.24, 2.45) is 0 Å². The van der Waals surface area contributed by atoms with Crippen molar-refractivity contribution >= 4 is 183 Å². The fraction of sp³-hybridized carbons (Fsp3) is 0.162. The second-order valence-corrected chi connectivity index (χ2v) is 37.2. The molecule has 8 N–H and O–H groups in total. The zero-order chi connectivity index (χ0) is 105. The van der Waals surface area contributed by atoms with Crippen LogP contribution in [-0.2, 0) is 62.2 Å². The van der Waals surface area contributed by atoms with Gasteiger partial charge in [0.05, 0.1) is 96.5 Å². The quantitative estimate of drug-likeness (QED) is 0.00429. The Labute approximate surface area is 876 Å². The molecule has 3 aliphatic heterocycles. The lowest BCUT2D eigenvalue weighted by atomic mass is 10.1. The summed E-state index contributed by atoms with van der Waals surface area (Å²) >= 11 is 9.30. The number of esters is 2. The highest BCUT2D eigenvalue weighted by atomic mass is 127. The summed E-state index contributed by atoms with van der Waals surface area (Å²) in [6.45, 7) is 6.71. The molecule has 36 nitrogen and oxygen atoms in total. The first-order valence-electron chi connectivity index (χ1n) is 45.2. The summed E-state index contributed by atoms with van der Waals surface area (Å²) < 4.78 is 54.8. The highest BCUT2D eigenvalue weighted by Gasteiger charge is 2.39. The van der Waals surface area contributed by atoms with Crippen molar-refractivity contribution in [1.82, 2.24) is 69.1 Å². The molecule has 1 fully saturated rings. The number of methoxy groups -OCH3 is 2. The summed E-state index contributed by atoms with van der Waals surface area (Å²) in [5.41, 5.74) is 7.61.